The highest BCUT2D eigenvalue weighted by molar-refractivity contribution is 7.10. The van der Waals surface area contributed by atoms with Gasteiger partial charge in [-0.3, -0.25) is 0 Å². The molecule has 114 valence electrons. The number of thiophene rings is 1. The summed E-state index contributed by atoms with van der Waals surface area (Å²) < 4.78 is 5.81. The van der Waals surface area contributed by atoms with Crippen LogP contribution in [0.1, 0.15) is 45.0 Å². The number of aromatic nitrogens is 1. The Morgan fingerprint density at radius 1 is 1.33 bits per heavy atom. The Morgan fingerprint density at radius 2 is 2.10 bits per heavy atom. The smallest absolute Gasteiger partial charge is 0.239 e. The number of pyridine rings is 1. The van der Waals surface area contributed by atoms with E-state index in [1.54, 1.807) is 11.3 Å². The molecular formula is C16H23N3OS. The van der Waals surface area contributed by atoms with Gasteiger partial charge in [-0.05, 0) is 50.8 Å². The van der Waals surface area contributed by atoms with Crippen molar-refractivity contribution in [3.63, 3.8) is 0 Å². The molecule has 0 amide bonds. The Labute approximate surface area is 130 Å². The molecule has 0 fully saturated rings. The van der Waals surface area contributed by atoms with E-state index in [2.05, 4.69) is 34.7 Å². The molecule has 0 spiro atoms. The van der Waals surface area contributed by atoms with Gasteiger partial charge < -0.3 is 15.8 Å². The maximum Gasteiger partial charge on any atom is 0.239 e. The lowest BCUT2D eigenvalue weighted by Crippen LogP contribution is -2.24. The highest BCUT2D eigenvalue weighted by atomic mass is 32.1. The maximum absolute atomic E-state index is 5.94. The fourth-order valence-corrected chi connectivity index (χ4v) is 2.81. The van der Waals surface area contributed by atoms with Crippen LogP contribution in [0.4, 0.5) is 11.5 Å². The average molecular weight is 305 g/mol. The average Bonchev–Trinajstić information content (AvgIpc) is 2.91. The number of anilines is 2. The molecule has 1 atom stereocenters. The topological polar surface area (TPSA) is 60.2 Å². The summed E-state index contributed by atoms with van der Waals surface area (Å²) in [4.78, 5) is 5.80. The van der Waals surface area contributed by atoms with Crippen molar-refractivity contribution in [2.24, 2.45) is 0 Å². The molecule has 1 unspecified atom stereocenters. The molecule has 3 N–H and O–H groups in total. The monoisotopic (exact) mass is 305 g/mol. The molecule has 0 bridgehead atoms. The molecule has 0 aliphatic heterocycles. The zero-order chi connectivity index (χ0) is 15.5. The van der Waals surface area contributed by atoms with Crippen LogP contribution >= 0.6 is 11.3 Å². The van der Waals surface area contributed by atoms with Crippen molar-refractivity contribution in [3.05, 3.63) is 34.5 Å². The Hall–Kier alpha value is -1.75. The lowest BCUT2D eigenvalue weighted by Gasteiger charge is -2.22. The second-order valence-electron chi connectivity index (χ2n) is 5.93. The molecule has 4 nitrogen and oxygen atoms in total. The van der Waals surface area contributed by atoms with Gasteiger partial charge in [-0.1, -0.05) is 13.0 Å². The highest BCUT2D eigenvalue weighted by Crippen LogP contribution is 2.29. The largest absolute Gasteiger partial charge is 0.470 e. The van der Waals surface area contributed by atoms with Gasteiger partial charge in [-0.2, -0.15) is 4.98 Å². The summed E-state index contributed by atoms with van der Waals surface area (Å²) >= 11 is 1.75. The van der Waals surface area contributed by atoms with E-state index in [-0.39, 0.29) is 11.6 Å². The first-order valence-corrected chi connectivity index (χ1v) is 8.02. The van der Waals surface area contributed by atoms with E-state index in [1.807, 2.05) is 32.9 Å². The molecule has 2 aromatic rings. The number of ether oxygens (including phenoxy) is 1. The minimum atomic E-state index is -0.322. The first kappa shape index (κ1) is 15.6. The van der Waals surface area contributed by atoms with E-state index in [0.717, 1.165) is 12.2 Å². The number of hydrogen-bond donors (Lipinski definition) is 2. The van der Waals surface area contributed by atoms with Crippen LogP contribution in [0.3, 0.4) is 0 Å². The minimum absolute atomic E-state index is 0.253. The van der Waals surface area contributed by atoms with Crippen molar-refractivity contribution in [3.8, 4) is 5.88 Å². The Bertz CT molecular complexity index is 576. The van der Waals surface area contributed by atoms with Crippen LogP contribution in [0, 0.1) is 0 Å². The van der Waals surface area contributed by atoms with Crippen molar-refractivity contribution in [2.45, 2.75) is 45.8 Å². The van der Waals surface area contributed by atoms with E-state index in [0.29, 0.717) is 11.6 Å². The number of nitrogens with two attached hydrogens (primary N) is 1. The van der Waals surface area contributed by atoms with Gasteiger partial charge in [0.1, 0.15) is 11.4 Å². The van der Waals surface area contributed by atoms with Crippen molar-refractivity contribution in [1.29, 1.82) is 0 Å². The van der Waals surface area contributed by atoms with E-state index < -0.39 is 0 Å². The molecule has 21 heavy (non-hydrogen) atoms. The van der Waals surface area contributed by atoms with E-state index in [4.69, 9.17) is 10.5 Å². The highest BCUT2D eigenvalue weighted by Gasteiger charge is 2.17. The van der Waals surface area contributed by atoms with Crippen LogP contribution in [0.25, 0.3) is 0 Å². The van der Waals surface area contributed by atoms with Crippen molar-refractivity contribution in [2.75, 3.05) is 11.1 Å². The van der Waals surface area contributed by atoms with E-state index in [1.165, 1.54) is 4.88 Å². The molecule has 2 aromatic heterocycles. The fraction of sp³-hybridized carbons (Fsp3) is 0.438. The molecule has 2 heterocycles. The lowest BCUT2D eigenvalue weighted by atomic mass is 10.2. The standard InChI is InChI=1S/C16H23N3OS/c1-5-12(13-7-6-10-21-13)18-14-9-8-11(17)15(19-14)20-16(2,3)4/h6-10,12H,5,17H2,1-4H3,(H,18,19). The Morgan fingerprint density at radius 3 is 2.67 bits per heavy atom. The van der Waals surface area contributed by atoms with Crippen LogP contribution < -0.4 is 15.8 Å². The molecule has 0 saturated carbocycles. The Balaban J connectivity index is 2.18. The van der Waals surface area contributed by atoms with Crippen LogP contribution in [-0.2, 0) is 0 Å². The van der Waals surface area contributed by atoms with Gasteiger partial charge in [0.25, 0.3) is 0 Å². The molecule has 0 aromatic carbocycles. The summed E-state index contributed by atoms with van der Waals surface area (Å²) in [5.74, 6) is 1.26. The van der Waals surface area contributed by atoms with Crippen LogP contribution in [0.15, 0.2) is 29.6 Å². The lowest BCUT2D eigenvalue weighted by molar-refractivity contribution is 0.125. The summed E-state index contributed by atoms with van der Waals surface area (Å²) in [5.41, 5.74) is 6.17. The van der Waals surface area contributed by atoms with Gasteiger partial charge in [-0.25, -0.2) is 0 Å². The summed E-state index contributed by atoms with van der Waals surface area (Å²) in [6.07, 6.45) is 0.988. The molecule has 0 aliphatic rings. The summed E-state index contributed by atoms with van der Waals surface area (Å²) in [7, 11) is 0. The SMILES string of the molecule is CCC(Nc1ccc(N)c(OC(C)(C)C)n1)c1cccs1. The Kier molecular flexibility index (Phi) is 4.73. The number of rotatable bonds is 5. The van der Waals surface area contributed by atoms with Gasteiger partial charge in [0.05, 0.1) is 11.7 Å². The zero-order valence-corrected chi connectivity index (χ0v) is 13.8. The zero-order valence-electron chi connectivity index (χ0n) is 13.0. The van der Waals surface area contributed by atoms with Gasteiger partial charge in [-0.15, -0.1) is 11.3 Å². The van der Waals surface area contributed by atoms with E-state index in [9.17, 15) is 0 Å². The number of nitrogen functional groups attached to an aromatic ring is 1. The van der Waals surface area contributed by atoms with Gasteiger partial charge in [0.15, 0.2) is 0 Å². The van der Waals surface area contributed by atoms with Crippen molar-refractivity contribution in [1.82, 2.24) is 4.98 Å². The van der Waals surface area contributed by atoms with Gasteiger partial charge in [0, 0.05) is 4.88 Å². The first-order valence-electron chi connectivity index (χ1n) is 7.14. The van der Waals surface area contributed by atoms with Gasteiger partial charge >= 0.3 is 0 Å². The van der Waals surface area contributed by atoms with E-state index >= 15 is 0 Å². The van der Waals surface area contributed by atoms with Crippen LogP contribution in [-0.4, -0.2) is 10.6 Å². The quantitative estimate of drug-likeness (QED) is 0.856. The predicted molar refractivity (Wildman–Crippen MR) is 90.0 cm³/mol. The molecule has 0 aliphatic carbocycles. The second kappa shape index (κ2) is 6.35. The third kappa shape index (κ3) is 4.36. The summed E-state index contributed by atoms with van der Waals surface area (Å²) in [5, 5.41) is 5.54. The molecule has 5 heteroatoms. The summed E-state index contributed by atoms with van der Waals surface area (Å²) in [6, 6.07) is 8.17. The predicted octanol–water partition coefficient (Wildman–Crippen LogP) is 4.47. The molecule has 0 radical (unpaired) electrons. The normalized spacial score (nSPS) is 13.0. The second-order valence-corrected chi connectivity index (χ2v) is 6.91. The summed E-state index contributed by atoms with van der Waals surface area (Å²) in [6.45, 7) is 8.10. The first-order chi connectivity index (χ1) is 9.89. The molecule has 2 rings (SSSR count). The van der Waals surface area contributed by atoms with Crippen molar-refractivity contribution < 1.29 is 4.74 Å². The van der Waals surface area contributed by atoms with Crippen LogP contribution in [0.5, 0.6) is 5.88 Å². The molecule has 0 saturated heterocycles. The van der Waals surface area contributed by atoms with Gasteiger partial charge in [0.2, 0.25) is 5.88 Å². The number of nitrogens with one attached hydrogen (secondary N) is 1. The maximum atomic E-state index is 5.94. The minimum Gasteiger partial charge on any atom is -0.470 e. The fourth-order valence-electron chi connectivity index (χ4n) is 1.95. The number of nitrogens with zero attached hydrogens (tertiary/aromatic N) is 1. The number of hydrogen-bond acceptors (Lipinski definition) is 5. The van der Waals surface area contributed by atoms with Crippen LogP contribution in [0.2, 0.25) is 0 Å². The molecular weight excluding hydrogens is 282 g/mol. The third-order valence-corrected chi connectivity index (χ3v) is 3.90. The third-order valence-electron chi connectivity index (χ3n) is 2.91. The van der Waals surface area contributed by atoms with Crippen molar-refractivity contribution >= 4 is 22.8 Å².